The monoisotopic (exact) mass is 435 g/mol. The highest BCUT2D eigenvalue weighted by molar-refractivity contribution is 7.80. The molecule has 7 atom stereocenters. The first kappa shape index (κ1) is 20.5. The minimum Gasteiger partial charge on any atom is -0.339 e. The van der Waals surface area contributed by atoms with Gasteiger partial charge >= 0.3 is 0 Å². The van der Waals surface area contributed by atoms with E-state index in [2.05, 4.69) is 35.8 Å². The van der Waals surface area contributed by atoms with Crippen molar-refractivity contribution in [1.29, 1.82) is 5.26 Å². The molecule has 2 aliphatic carbocycles. The van der Waals surface area contributed by atoms with Crippen LogP contribution in [0.1, 0.15) is 18.9 Å². The van der Waals surface area contributed by atoms with E-state index >= 15 is 0 Å². The predicted molar refractivity (Wildman–Crippen MR) is 120 cm³/mol. The molecular weight excluding hydrogens is 409 g/mol. The standard InChI is InChI=1S/C25H26FN3OS/c1-13-22-19-11-21(23(13)22)29(2)24(19)25(30)28-17(12-27)8-16-7-6-15(10-20(16)26)14-4-3-5-18(31)9-14/h3-7,9-10,13,17,19,21-24,31H,8,11H2,1-2H3,(H,28,30)/t13-,17-,19?,21?,22?,23?,24?/m0/s1. The van der Waals surface area contributed by atoms with Gasteiger partial charge in [0.25, 0.3) is 0 Å². The minimum absolute atomic E-state index is 0.0956. The number of likely N-dealkylation sites (N-methyl/N-ethyl adjacent to an activating group) is 1. The van der Waals surface area contributed by atoms with Crippen molar-refractivity contribution in [2.75, 3.05) is 7.05 Å². The predicted octanol–water partition coefficient (Wildman–Crippen LogP) is 3.92. The summed E-state index contributed by atoms with van der Waals surface area (Å²) in [6.07, 6.45) is 1.23. The zero-order valence-corrected chi connectivity index (χ0v) is 18.5. The van der Waals surface area contributed by atoms with Crippen molar-refractivity contribution in [1.82, 2.24) is 10.2 Å². The second-order valence-corrected chi connectivity index (χ2v) is 9.86. The van der Waals surface area contributed by atoms with Crippen molar-refractivity contribution in [2.45, 2.75) is 42.8 Å². The SMILES string of the molecule is C[C@H]1C2C3CC(C21)N(C)C3C(=O)N[C@H](C#N)Cc1ccc(-c2cccc(S)c2)cc1F. The zero-order valence-electron chi connectivity index (χ0n) is 17.6. The summed E-state index contributed by atoms with van der Waals surface area (Å²) in [4.78, 5) is 16.0. The van der Waals surface area contributed by atoms with Crippen molar-refractivity contribution in [3.05, 3.63) is 53.8 Å². The average Bonchev–Trinajstić information content (AvgIpc) is 3.10. The first-order chi connectivity index (χ1) is 14.9. The number of carbonyl (C=O) groups excluding carboxylic acids is 1. The Morgan fingerprint density at radius 1 is 1.29 bits per heavy atom. The highest BCUT2D eigenvalue weighted by Gasteiger charge is 2.69. The quantitative estimate of drug-likeness (QED) is 0.700. The number of benzene rings is 2. The normalized spacial score (nSPS) is 31.7. The largest absolute Gasteiger partial charge is 0.339 e. The highest BCUT2D eigenvalue weighted by atomic mass is 32.1. The Kier molecular flexibility index (Phi) is 5.07. The molecule has 31 heavy (non-hydrogen) atoms. The van der Waals surface area contributed by atoms with Crippen LogP contribution < -0.4 is 5.32 Å². The molecule has 0 spiro atoms. The van der Waals surface area contributed by atoms with Gasteiger partial charge in [-0.2, -0.15) is 5.26 Å². The van der Waals surface area contributed by atoms with Crippen LogP contribution in [-0.2, 0) is 11.2 Å². The van der Waals surface area contributed by atoms with Crippen LogP contribution in [0.5, 0.6) is 0 Å². The van der Waals surface area contributed by atoms with E-state index in [-0.39, 0.29) is 24.2 Å². The summed E-state index contributed by atoms with van der Waals surface area (Å²) in [5, 5.41) is 12.5. The van der Waals surface area contributed by atoms with Gasteiger partial charge in [0.1, 0.15) is 11.9 Å². The maximum Gasteiger partial charge on any atom is 0.238 e. The number of hydrogen-bond donors (Lipinski definition) is 2. The molecule has 0 aromatic heterocycles. The number of likely N-dealkylation sites (tertiary alicyclic amines) is 1. The average molecular weight is 436 g/mol. The van der Waals surface area contributed by atoms with Gasteiger partial charge in [-0.05, 0) is 72.0 Å². The van der Waals surface area contributed by atoms with Gasteiger partial charge in [-0.25, -0.2) is 4.39 Å². The molecular formula is C25H26FN3OS. The molecule has 1 aliphatic heterocycles. The lowest BCUT2D eigenvalue weighted by atomic mass is 9.94. The van der Waals surface area contributed by atoms with E-state index in [1.807, 2.05) is 37.4 Å². The van der Waals surface area contributed by atoms with Crippen LogP contribution in [0.3, 0.4) is 0 Å². The molecule has 1 amide bonds. The lowest BCUT2D eigenvalue weighted by molar-refractivity contribution is -0.127. The maximum absolute atomic E-state index is 14.8. The number of hydrogen-bond acceptors (Lipinski definition) is 4. The van der Waals surface area contributed by atoms with Crippen LogP contribution in [0.15, 0.2) is 47.4 Å². The molecule has 5 unspecified atom stereocenters. The van der Waals surface area contributed by atoms with E-state index in [4.69, 9.17) is 0 Å². The number of thiol groups is 1. The van der Waals surface area contributed by atoms with Crippen LogP contribution in [0.2, 0.25) is 0 Å². The number of carbonyl (C=O) groups is 1. The van der Waals surface area contributed by atoms with Gasteiger partial charge in [-0.1, -0.05) is 31.2 Å². The molecule has 1 heterocycles. The Hall–Kier alpha value is -2.36. The number of nitriles is 1. The van der Waals surface area contributed by atoms with Crippen LogP contribution in [0, 0.1) is 40.8 Å². The van der Waals surface area contributed by atoms with E-state index in [1.54, 1.807) is 6.07 Å². The summed E-state index contributed by atoms with van der Waals surface area (Å²) in [6.45, 7) is 2.28. The van der Waals surface area contributed by atoms with Crippen LogP contribution in [0.25, 0.3) is 11.1 Å². The molecule has 1 saturated heterocycles. The van der Waals surface area contributed by atoms with Crippen LogP contribution >= 0.6 is 12.6 Å². The number of nitrogens with zero attached hydrogens (tertiary/aromatic N) is 2. The molecule has 6 heteroatoms. The van der Waals surface area contributed by atoms with E-state index in [1.165, 1.54) is 6.07 Å². The molecule has 4 nitrogen and oxygen atoms in total. The maximum atomic E-state index is 14.8. The fourth-order valence-electron chi connectivity index (χ4n) is 6.25. The first-order valence-electron chi connectivity index (χ1n) is 10.9. The number of rotatable bonds is 5. The summed E-state index contributed by atoms with van der Waals surface area (Å²) in [5.74, 6) is 2.00. The fourth-order valence-corrected chi connectivity index (χ4v) is 6.48. The Bertz CT molecular complexity index is 1080. The third-order valence-corrected chi connectivity index (χ3v) is 8.01. The molecule has 2 saturated carbocycles. The third kappa shape index (κ3) is 3.44. The zero-order chi connectivity index (χ0) is 21.9. The van der Waals surface area contributed by atoms with E-state index in [9.17, 15) is 14.4 Å². The van der Waals surface area contributed by atoms with Crippen molar-refractivity contribution in [3.8, 4) is 17.2 Å². The van der Waals surface area contributed by atoms with Gasteiger partial charge in [-0.3, -0.25) is 9.69 Å². The number of amides is 1. The van der Waals surface area contributed by atoms with E-state index in [0.29, 0.717) is 29.4 Å². The Balaban J connectivity index is 1.27. The lowest BCUT2D eigenvalue weighted by Gasteiger charge is -2.31. The van der Waals surface area contributed by atoms with E-state index < -0.39 is 6.04 Å². The van der Waals surface area contributed by atoms with Gasteiger partial charge in [0, 0.05) is 17.4 Å². The molecule has 5 rings (SSSR count). The summed E-state index contributed by atoms with van der Waals surface area (Å²) < 4.78 is 14.8. The number of halogens is 1. The van der Waals surface area contributed by atoms with Crippen molar-refractivity contribution in [2.24, 2.45) is 23.7 Å². The van der Waals surface area contributed by atoms with Gasteiger partial charge in [0.2, 0.25) is 5.91 Å². The smallest absolute Gasteiger partial charge is 0.238 e. The molecule has 3 aliphatic rings. The molecule has 1 N–H and O–H groups in total. The summed E-state index contributed by atoms with van der Waals surface area (Å²) >= 11 is 4.34. The van der Waals surface area contributed by atoms with Gasteiger partial charge in [0.05, 0.1) is 12.1 Å². The highest BCUT2D eigenvalue weighted by Crippen LogP contribution is 2.66. The summed E-state index contributed by atoms with van der Waals surface area (Å²) in [5.41, 5.74) is 2.07. The van der Waals surface area contributed by atoms with Crippen LogP contribution in [0.4, 0.5) is 4.39 Å². The lowest BCUT2D eigenvalue weighted by Crippen LogP contribution is -2.51. The molecule has 2 aromatic carbocycles. The molecule has 2 aromatic rings. The molecule has 3 fully saturated rings. The molecule has 160 valence electrons. The van der Waals surface area contributed by atoms with Crippen molar-refractivity contribution < 1.29 is 9.18 Å². The molecule has 0 radical (unpaired) electrons. The van der Waals surface area contributed by atoms with Gasteiger partial charge in [-0.15, -0.1) is 12.6 Å². The number of fused-ring (bicyclic) bond motifs is 5. The van der Waals surface area contributed by atoms with Crippen molar-refractivity contribution in [3.63, 3.8) is 0 Å². The van der Waals surface area contributed by atoms with Crippen LogP contribution in [-0.4, -0.2) is 36.0 Å². The minimum atomic E-state index is -0.756. The molecule has 2 bridgehead atoms. The number of piperidine rings is 1. The topological polar surface area (TPSA) is 56.1 Å². The van der Waals surface area contributed by atoms with E-state index in [0.717, 1.165) is 28.4 Å². The van der Waals surface area contributed by atoms with Gasteiger partial charge < -0.3 is 5.32 Å². The second-order valence-electron chi connectivity index (χ2n) is 9.34. The summed E-state index contributed by atoms with van der Waals surface area (Å²) in [6, 6.07) is 14.3. The Morgan fingerprint density at radius 3 is 2.77 bits per heavy atom. The summed E-state index contributed by atoms with van der Waals surface area (Å²) in [7, 11) is 2.02. The Morgan fingerprint density at radius 2 is 2.06 bits per heavy atom. The fraction of sp³-hybridized carbons (Fsp3) is 0.440. The first-order valence-corrected chi connectivity index (χ1v) is 11.3. The second kappa shape index (κ2) is 7.65. The third-order valence-electron chi connectivity index (χ3n) is 7.74. The number of nitrogens with one attached hydrogen (secondary N) is 1. The van der Waals surface area contributed by atoms with Crippen molar-refractivity contribution >= 4 is 18.5 Å². The Labute approximate surface area is 187 Å². The van der Waals surface area contributed by atoms with Gasteiger partial charge in [0.15, 0.2) is 0 Å².